The van der Waals surface area contributed by atoms with Gasteiger partial charge in [0.15, 0.2) is 22.4 Å². The predicted molar refractivity (Wildman–Crippen MR) is 102 cm³/mol. The number of hydrogen-bond donors (Lipinski definition) is 1. The highest BCUT2D eigenvalue weighted by Crippen LogP contribution is 2.37. The molecule has 1 aliphatic heterocycles. The van der Waals surface area contributed by atoms with Crippen LogP contribution in [0.3, 0.4) is 0 Å². The number of aryl methyl sites for hydroxylation is 1. The van der Waals surface area contributed by atoms with Crippen molar-refractivity contribution < 1.29 is 19.1 Å². The van der Waals surface area contributed by atoms with Gasteiger partial charge in [0.05, 0.1) is 15.1 Å². The van der Waals surface area contributed by atoms with Gasteiger partial charge in [0.25, 0.3) is 0 Å². The number of amides is 1. The molecule has 0 radical (unpaired) electrons. The van der Waals surface area contributed by atoms with Crippen molar-refractivity contribution in [2.75, 3.05) is 18.5 Å². The van der Waals surface area contributed by atoms with E-state index in [1.807, 2.05) is 25.1 Å². The highest BCUT2D eigenvalue weighted by atomic mass is 32.1. The molecule has 1 aromatic carbocycles. The number of carbonyl (C=O) groups is 2. The Labute approximate surface area is 157 Å². The third-order valence-corrected chi connectivity index (χ3v) is 5.87. The maximum Gasteiger partial charge on any atom is 0.226 e. The number of hydrogen-bond acceptors (Lipinski definition) is 7. The van der Waals surface area contributed by atoms with E-state index in [1.165, 1.54) is 22.7 Å². The highest BCUT2D eigenvalue weighted by molar-refractivity contribution is 7.22. The van der Waals surface area contributed by atoms with Crippen molar-refractivity contribution in [1.82, 2.24) is 4.98 Å². The van der Waals surface area contributed by atoms with Crippen LogP contribution in [0, 0.1) is 6.92 Å². The SMILES string of the molecule is Cc1ccc(C(=O)CCC(=O)Nc2nc3cc4c(cc3s2)OCCO4)s1. The normalized spacial score (nSPS) is 13.0. The second kappa shape index (κ2) is 7.05. The number of nitrogens with zero attached hydrogens (tertiary/aromatic N) is 1. The molecule has 0 spiro atoms. The van der Waals surface area contributed by atoms with Crippen LogP contribution in [0.15, 0.2) is 24.3 Å². The van der Waals surface area contributed by atoms with E-state index in [-0.39, 0.29) is 24.5 Å². The number of thiophene rings is 1. The number of rotatable bonds is 5. The Kier molecular flexibility index (Phi) is 4.60. The molecule has 0 unspecified atom stereocenters. The van der Waals surface area contributed by atoms with Gasteiger partial charge in [-0.3, -0.25) is 9.59 Å². The number of aromatic nitrogens is 1. The van der Waals surface area contributed by atoms with Crippen molar-refractivity contribution in [1.29, 1.82) is 0 Å². The molecule has 4 rings (SSSR count). The zero-order valence-corrected chi connectivity index (χ0v) is 15.7. The fraction of sp³-hybridized carbons (Fsp3) is 0.278. The second-order valence-electron chi connectivity index (χ2n) is 5.86. The van der Waals surface area contributed by atoms with E-state index in [4.69, 9.17) is 9.47 Å². The molecule has 8 heteroatoms. The molecule has 0 saturated carbocycles. The summed E-state index contributed by atoms with van der Waals surface area (Å²) in [7, 11) is 0. The first-order valence-electron chi connectivity index (χ1n) is 8.18. The summed E-state index contributed by atoms with van der Waals surface area (Å²) >= 11 is 2.82. The van der Waals surface area contributed by atoms with E-state index >= 15 is 0 Å². The van der Waals surface area contributed by atoms with Crippen LogP contribution < -0.4 is 14.8 Å². The van der Waals surface area contributed by atoms with E-state index in [9.17, 15) is 9.59 Å². The third kappa shape index (κ3) is 3.56. The Bertz CT molecular complexity index is 949. The van der Waals surface area contributed by atoms with E-state index < -0.39 is 0 Å². The highest BCUT2D eigenvalue weighted by Gasteiger charge is 2.16. The van der Waals surface area contributed by atoms with Gasteiger partial charge < -0.3 is 14.8 Å². The fourth-order valence-electron chi connectivity index (χ4n) is 2.63. The summed E-state index contributed by atoms with van der Waals surface area (Å²) in [6.45, 7) is 3.00. The molecule has 0 saturated heterocycles. The van der Waals surface area contributed by atoms with E-state index in [0.717, 1.165) is 15.1 Å². The third-order valence-electron chi connectivity index (χ3n) is 3.89. The van der Waals surface area contributed by atoms with Crippen molar-refractivity contribution in [3.05, 3.63) is 34.0 Å². The number of Topliss-reactive ketones (excluding diaryl/α,β-unsaturated/α-hetero) is 1. The van der Waals surface area contributed by atoms with Gasteiger partial charge >= 0.3 is 0 Å². The van der Waals surface area contributed by atoms with Gasteiger partial charge in [0, 0.05) is 29.9 Å². The molecule has 0 atom stereocenters. The Morgan fingerprint density at radius 2 is 1.88 bits per heavy atom. The summed E-state index contributed by atoms with van der Waals surface area (Å²) in [6.07, 6.45) is 0.321. The molecule has 134 valence electrons. The predicted octanol–water partition coefficient (Wildman–Crippen LogP) is 4.04. The van der Waals surface area contributed by atoms with Crippen molar-refractivity contribution in [2.24, 2.45) is 0 Å². The zero-order valence-electron chi connectivity index (χ0n) is 14.0. The van der Waals surface area contributed by atoms with E-state index in [0.29, 0.717) is 34.7 Å². The fourth-order valence-corrected chi connectivity index (χ4v) is 4.36. The smallest absolute Gasteiger partial charge is 0.226 e. The second-order valence-corrected chi connectivity index (χ2v) is 8.18. The van der Waals surface area contributed by atoms with Crippen molar-refractivity contribution in [3.8, 4) is 11.5 Å². The maximum atomic E-state index is 12.1. The van der Waals surface area contributed by atoms with Gasteiger partial charge in [-0.25, -0.2) is 4.98 Å². The van der Waals surface area contributed by atoms with E-state index in [2.05, 4.69) is 10.3 Å². The van der Waals surface area contributed by atoms with Gasteiger partial charge in [0.2, 0.25) is 5.91 Å². The summed E-state index contributed by atoms with van der Waals surface area (Å²) in [4.78, 5) is 30.4. The summed E-state index contributed by atoms with van der Waals surface area (Å²) in [5.41, 5.74) is 0.750. The van der Waals surface area contributed by atoms with Crippen molar-refractivity contribution in [3.63, 3.8) is 0 Å². The number of anilines is 1. The quantitative estimate of drug-likeness (QED) is 0.668. The van der Waals surface area contributed by atoms with Crippen LogP contribution in [0.25, 0.3) is 10.2 Å². The Hall–Kier alpha value is -2.45. The molecule has 1 aliphatic rings. The van der Waals surface area contributed by atoms with Crippen LogP contribution >= 0.6 is 22.7 Å². The van der Waals surface area contributed by atoms with Crippen LogP contribution in [0.4, 0.5) is 5.13 Å². The van der Waals surface area contributed by atoms with Gasteiger partial charge in [-0.15, -0.1) is 11.3 Å². The molecule has 0 fully saturated rings. The Morgan fingerprint density at radius 1 is 1.12 bits per heavy atom. The molecule has 1 amide bonds. The molecule has 2 aromatic heterocycles. The number of thiazole rings is 1. The van der Waals surface area contributed by atoms with E-state index in [1.54, 1.807) is 6.07 Å². The lowest BCUT2D eigenvalue weighted by Crippen LogP contribution is -2.15. The minimum Gasteiger partial charge on any atom is -0.486 e. The first kappa shape index (κ1) is 17.0. The molecule has 1 N–H and O–H groups in total. The first-order valence-corrected chi connectivity index (χ1v) is 9.81. The maximum absolute atomic E-state index is 12.1. The number of fused-ring (bicyclic) bond motifs is 2. The van der Waals surface area contributed by atoms with Gasteiger partial charge in [0.1, 0.15) is 13.2 Å². The minimum absolute atomic E-state index is 0.00970. The van der Waals surface area contributed by atoms with Crippen LogP contribution in [0.5, 0.6) is 11.5 Å². The number of ether oxygens (including phenoxy) is 2. The van der Waals surface area contributed by atoms with Crippen LogP contribution in [-0.4, -0.2) is 29.9 Å². The summed E-state index contributed by atoms with van der Waals surface area (Å²) < 4.78 is 12.0. The lowest BCUT2D eigenvalue weighted by atomic mass is 10.2. The number of benzene rings is 1. The Balaban J connectivity index is 1.40. The Morgan fingerprint density at radius 3 is 2.62 bits per heavy atom. The first-order chi connectivity index (χ1) is 12.6. The summed E-state index contributed by atoms with van der Waals surface area (Å²) in [5, 5.41) is 3.28. The van der Waals surface area contributed by atoms with Crippen LogP contribution in [-0.2, 0) is 4.79 Å². The lowest BCUT2D eigenvalue weighted by molar-refractivity contribution is -0.116. The molecule has 3 heterocycles. The van der Waals surface area contributed by atoms with Gasteiger partial charge in [-0.2, -0.15) is 0 Å². The molecule has 3 aromatic rings. The minimum atomic E-state index is -0.219. The topological polar surface area (TPSA) is 77.5 Å². The molecule has 26 heavy (non-hydrogen) atoms. The molecular formula is C18H16N2O4S2. The summed E-state index contributed by atoms with van der Waals surface area (Å²) in [6, 6.07) is 7.41. The van der Waals surface area contributed by atoms with Crippen LogP contribution in [0.2, 0.25) is 0 Å². The molecule has 6 nitrogen and oxygen atoms in total. The number of ketones is 1. The largest absolute Gasteiger partial charge is 0.486 e. The molecular weight excluding hydrogens is 372 g/mol. The average Bonchev–Trinajstić information content (AvgIpc) is 3.22. The average molecular weight is 388 g/mol. The molecule has 0 bridgehead atoms. The van der Waals surface area contributed by atoms with Crippen molar-refractivity contribution >= 4 is 49.7 Å². The van der Waals surface area contributed by atoms with Gasteiger partial charge in [-0.05, 0) is 19.1 Å². The lowest BCUT2D eigenvalue weighted by Gasteiger charge is -2.17. The number of carbonyl (C=O) groups excluding carboxylic acids is 2. The van der Waals surface area contributed by atoms with Crippen molar-refractivity contribution in [2.45, 2.75) is 19.8 Å². The van der Waals surface area contributed by atoms with Gasteiger partial charge in [-0.1, -0.05) is 11.3 Å². The monoisotopic (exact) mass is 388 g/mol. The molecule has 0 aliphatic carbocycles. The summed E-state index contributed by atoms with van der Waals surface area (Å²) in [5.74, 6) is 1.14. The zero-order chi connectivity index (χ0) is 18.1. The standard InChI is InChI=1S/C18H16N2O4S2/c1-10-2-4-15(25-10)12(21)3-5-17(22)20-18-19-11-8-13-14(9-16(11)26-18)24-7-6-23-13/h2,4,8-9H,3,5-7H2,1H3,(H,19,20,22). The van der Waals surface area contributed by atoms with Crippen LogP contribution in [0.1, 0.15) is 27.4 Å². The number of nitrogens with one attached hydrogen (secondary N) is 1.